The number of amides is 2. The molecular weight excluding hydrogens is 324 g/mol. The summed E-state index contributed by atoms with van der Waals surface area (Å²) < 4.78 is 5.19. The maximum absolute atomic E-state index is 12.0. The van der Waals surface area contributed by atoms with Gasteiger partial charge in [0.15, 0.2) is 5.82 Å². The average Bonchev–Trinajstić information content (AvgIpc) is 3.03. The van der Waals surface area contributed by atoms with Gasteiger partial charge >= 0.3 is 12.0 Å². The monoisotopic (exact) mass is 346 g/mol. The minimum Gasteiger partial charge on any atom is -0.478 e. The zero-order chi connectivity index (χ0) is 18.6. The molecule has 8 heteroatoms. The summed E-state index contributed by atoms with van der Waals surface area (Å²) in [6, 6.07) is 5.48. The van der Waals surface area contributed by atoms with Crippen LogP contribution in [0.5, 0.6) is 0 Å². The van der Waals surface area contributed by atoms with E-state index < -0.39 is 12.0 Å². The summed E-state index contributed by atoms with van der Waals surface area (Å²) in [6.07, 6.45) is 0. The molecule has 0 bridgehead atoms. The summed E-state index contributed by atoms with van der Waals surface area (Å²) in [5.41, 5.74) is 0.764. The van der Waals surface area contributed by atoms with Gasteiger partial charge < -0.3 is 20.3 Å². The number of carbonyl (C=O) groups is 2. The van der Waals surface area contributed by atoms with Gasteiger partial charge in [-0.1, -0.05) is 38.1 Å². The highest BCUT2D eigenvalue weighted by molar-refractivity contribution is 5.87. The summed E-state index contributed by atoms with van der Waals surface area (Å²) in [6.45, 7) is 7.95. The molecule has 0 saturated heterocycles. The van der Waals surface area contributed by atoms with Gasteiger partial charge in [0.1, 0.15) is 6.04 Å². The fourth-order valence-corrected chi connectivity index (χ4v) is 1.97. The van der Waals surface area contributed by atoms with Crippen LogP contribution < -0.4 is 10.6 Å². The summed E-state index contributed by atoms with van der Waals surface area (Å²) in [4.78, 5) is 27.1. The first-order chi connectivity index (χ1) is 11.7. The van der Waals surface area contributed by atoms with Crippen LogP contribution >= 0.6 is 0 Å². The number of carboxylic acids is 1. The standard InChI is InChI=1S/C17H22N4O4/c1-10(13-20-15(21-25-13)17(2,3)4)19-16(24)18-9-11-5-7-12(8-6-11)14(22)23/h5-8,10H,9H2,1-4H3,(H,22,23)(H2,18,19,24). The second kappa shape index (κ2) is 7.33. The lowest BCUT2D eigenvalue weighted by atomic mass is 9.96. The number of aromatic nitrogens is 2. The molecule has 0 saturated carbocycles. The van der Waals surface area contributed by atoms with E-state index in [0.29, 0.717) is 11.7 Å². The zero-order valence-electron chi connectivity index (χ0n) is 14.7. The minimum absolute atomic E-state index is 0.202. The first-order valence-corrected chi connectivity index (χ1v) is 7.87. The van der Waals surface area contributed by atoms with Crippen molar-refractivity contribution in [1.82, 2.24) is 20.8 Å². The van der Waals surface area contributed by atoms with Gasteiger partial charge in [0.25, 0.3) is 0 Å². The molecule has 1 unspecified atom stereocenters. The molecule has 0 fully saturated rings. The number of hydrogen-bond donors (Lipinski definition) is 3. The van der Waals surface area contributed by atoms with E-state index in [2.05, 4.69) is 20.8 Å². The maximum Gasteiger partial charge on any atom is 0.335 e. The molecule has 0 aliphatic heterocycles. The Kier molecular flexibility index (Phi) is 5.41. The van der Waals surface area contributed by atoms with Crippen LogP contribution in [0.2, 0.25) is 0 Å². The number of aromatic carboxylic acids is 1. The predicted octanol–water partition coefficient (Wildman–Crippen LogP) is 2.63. The van der Waals surface area contributed by atoms with Crippen molar-refractivity contribution in [2.45, 2.75) is 45.7 Å². The molecule has 0 aliphatic carbocycles. The van der Waals surface area contributed by atoms with Crippen molar-refractivity contribution in [3.05, 3.63) is 47.1 Å². The molecule has 3 N–H and O–H groups in total. The van der Waals surface area contributed by atoms with E-state index in [4.69, 9.17) is 9.63 Å². The van der Waals surface area contributed by atoms with E-state index in [1.54, 1.807) is 19.1 Å². The molecule has 25 heavy (non-hydrogen) atoms. The van der Waals surface area contributed by atoms with E-state index in [1.807, 2.05) is 20.8 Å². The topological polar surface area (TPSA) is 117 Å². The van der Waals surface area contributed by atoms with Crippen molar-refractivity contribution in [1.29, 1.82) is 0 Å². The molecule has 1 aromatic heterocycles. The van der Waals surface area contributed by atoms with Crippen molar-refractivity contribution < 1.29 is 19.2 Å². The summed E-state index contributed by atoms with van der Waals surface area (Å²) in [7, 11) is 0. The third kappa shape index (κ3) is 5.03. The Morgan fingerprint density at radius 2 is 1.88 bits per heavy atom. The largest absolute Gasteiger partial charge is 0.478 e. The van der Waals surface area contributed by atoms with E-state index >= 15 is 0 Å². The quantitative estimate of drug-likeness (QED) is 0.766. The van der Waals surface area contributed by atoms with Crippen LogP contribution in [-0.4, -0.2) is 27.2 Å². The second-order valence-electron chi connectivity index (χ2n) is 6.76. The molecule has 2 amide bonds. The zero-order valence-corrected chi connectivity index (χ0v) is 14.7. The molecule has 1 aromatic carbocycles. The fourth-order valence-electron chi connectivity index (χ4n) is 1.97. The Morgan fingerprint density at radius 1 is 1.24 bits per heavy atom. The summed E-state index contributed by atoms with van der Waals surface area (Å²) in [5.74, 6) is -0.0683. The highest BCUT2D eigenvalue weighted by Gasteiger charge is 2.23. The number of nitrogens with one attached hydrogen (secondary N) is 2. The highest BCUT2D eigenvalue weighted by atomic mass is 16.5. The van der Waals surface area contributed by atoms with Crippen LogP contribution in [0.1, 0.15) is 61.4 Å². The lowest BCUT2D eigenvalue weighted by Crippen LogP contribution is -2.36. The Bertz CT molecular complexity index is 747. The lowest BCUT2D eigenvalue weighted by Gasteiger charge is -2.12. The van der Waals surface area contributed by atoms with Gasteiger partial charge in [0, 0.05) is 12.0 Å². The molecule has 1 heterocycles. The third-order valence-corrected chi connectivity index (χ3v) is 3.48. The van der Waals surface area contributed by atoms with Gasteiger partial charge in [0.05, 0.1) is 5.56 Å². The molecule has 134 valence electrons. The van der Waals surface area contributed by atoms with Gasteiger partial charge in [-0.2, -0.15) is 4.98 Å². The second-order valence-corrected chi connectivity index (χ2v) is 6.76. The van der Waals surface area contributed by atoms with Crippen molar-refractivity contribution in [2.75, 3.05) is 0 Å². The van der Waals surface area contributed by atoms with Crippen molar-refractivity contribution in [3.8, 4) is 0 Å². The van der Waals surface area contributed by atoms with Gasteiger partial charge in [0.2, 0.25) is 5.89 Å². The van der Waals surface area contributed by atoms with E-state index in [1.165, 1.54) is 12.1 Å². The normalized spacial score (nSPS) is 12.5. The average molecular weight is 346 g/mol. The number of benzene rings is 1. The van der Waals surface area contributed by atoms with Crippen LogP contribution in [0.15, 0.2) is 28.8 Å². The third-order valence-electron chi connectivity index (χ3n) is 3.48. The van der Waals surface area contributed by atoms with Crippen LogP contribution in [0.3, 0.4) is 0 Å². The van der Waals surface area contributed by atoms with Crippen LogP contribution in [-0.2, 0) is 12.0 Å². The number of carboxylic acid groups (broad SMARTS) is 1. The molecule has 0 aliphatic rings. The SMILES string of the molecule is CC(NC(=O)NCc1ccc(C(=O)O)cc1)c1nc(C(C)(C)C)no1. The van der Waals surface area contributed by atoms with Gasteiger partial charge in [-0.05, 0) is 24.6 Å². The number of hydrogen-bond acceptors (Lipinski definition) is 5. The maximum atomic E-state index is 12.0. The summed E-state index contributed by atoms with van der Waals surface area (Å²) >= 11 is 0. The molecule has 0 radical (unpaired) electrons. The van der Waals surface area contributed by atoms with E-state index in [9.17, 15) is 9.59 Å². The van der Waals surface area contributed by atoms with Crippen LogP contribution in [0.25, 0.3) is 0 Å². The minimum atomic E-state index is -0.986. The van der Waals surface area contributed by atoms with Crippen LogP contribution in [0, 0.1) is 0 Å². The van der Waals surface area contributed by atoms with Gasteiger partial charge in [-0.15, -0.1) is 0 Å². The number of carbonyl (C=O) groups excluding carboxylic acids is 1. The molecule has 0 spiro atoms. The Hall–Kier alpha value is -2.90. The Balaban J connectivity index is 1.87. The van der Waals surface area contributed by atoms with Gasteiger partial charge in [-0.3, -0.25) is 0 Å². The van der Waals surface area contributed by atoms with Crippen molar-refractivity contribution in [3.63, 3.8) is 0 Å². The number of rotatable bonds is 5. The highest BCUT2D eigenvalue weighted by Crippen LogP contribution is 2.20. The molecule has 8 nitrogen and oxygen atoms in total. The molecule has 2 rings (SSSR count). The van der Waals surface area contributed by atoms with Crippen LogP contribution in [0.4, 0.5) is 4.79 Å². The first-order valence-electron chi connectivity index (χ1n) is 7.87. The Labute approximate surface area is 145 Å². The van der Waals surface area contributed by atoms with Crippen molar-refractivity contribution in [2.24, 2.45) is 0 Å². The van der Waals surface area contributed by atoms with E-state index in [-0.39, 0.29) is 23.6 Å². The lowest BCUT2D eigenvalue weighted by molar-refractivity contribution is 0.0697. The van der Waals surface area contributed by atoms with Crippen molar-refractivity contribution >= 4 is 12.0 Å². The van der Waals surface area contributed by atoms with Gasteiger partial charge in [-0.25, -0.2) is 9.59 Å². The molecule has 1 atom stereocenters. The summed E-state index contributed by atoms with van der Waals surface area (Å²) in [5, 5.41) is 18.2. The number of urea groups is 1. The fraction of sp³-hybridized carbons (Fsp3) is 0.412. The smallest absolute Gasteiger partial charge is 0.335 e. The molecule has 2 aromatic rings. The number of nitrogens with zero attached hydrogens (tertiary/aromatic N) is 2. The Morgan fingerprint density at radius 3 is 2.40 bits per heavy atom. The molecular formula is C17H22N4O4. The predicted molar refractivity (Wildman–Crippen MR) is 90.2 cm³/mol. The van der Waals surface area contributed by atoms with E-state index in [0.717, 1.165) is 5.56 Å². The first kappa shape index (κ1) is 18.4.